The van der Waals surface area contributed by atoms with Crippen molar-refractivity contribution in [3.8, 4) is 0 Å². The van der Waals surface area contributed by atoms with Crippen molar-refractivity contribution < 1.29 is 17.7 Å². The third-order valence-corrected chi connectivity index (χ3v) is 5.13. The van der Waals surface area contributed by atoms with Crippen LogP contribution in [0, 0.1) is 27.7 Å². The number of halogens is 3. The highest BCUT2D eigenvalue weighted by Crippen LogP contribution is 2.37. The third-order valence-electron chi connectivity index (χ3n) is 5.13. The molecule has 0 amide bonds. The lowest BCUT2D eigenvalue weighted by Gasteiger charge is -2.25. The normalized spacial score (nSPS) is 12.7. The summed E-state index contributed by atoms with van der Waals surface area (Å²) < 4.78 is 46.4. The summed E-state index contributed by atoms with van der Waals surface area (Å²) >= 11 is 0. The van der Waals surface area contributed by atoms with E-state index >= 15 is 0 Å². The van der Waals surface area contributed by atoms with Crippen molar-refractivity contribution in [3.05, 3.63) is 76.2 Å². The van der Waals surface area contributed by atoms with E-state index in [9.17, 15) is 13.2 Å². The Morgan fingerprint density at radius 1 is 1.00 bits per heavy atom. The zero-order valence-electron chi connectivity index (χ0n) is 16.8. The van der Waals surface area contributed by atoms with Crippen molar-refractivity contribution in [3.63, 3.8) is 0 Å². The average molecular weight is 403 g/mol. The van der Waals surface area contributed by atoms with E-state index < -0.39 is 12.2 Å². The van der Waals surface area contributed by atoms with Crippen LogP contribution in [0.5, 0.6) is 0 Å². The SMILES string of the molecule is Cc1cccc(NC(c2ccc(NCc3c(C)noc3C)cc2)C(F)(F)F)c1C. The van der Waals surface area contributed by atoms with Gasteiger partial charge in [0.05, 0.1) is 5.69 Å². The van der Waals surface area contributed by atoms with Gasteiger partial charge in [0.25, 0.3) is 0 Å². The van der Waals surface area contributed by atoms with Crippen molar-refractivity contribution in [2.45, 2.75) is 46.5 Å². The topological polar surface area (TPSA) is 50.1 Å². The van der Waals surface area contributed by atoms with Crippen LogP contribution in [0.3, 0.4) is 0 Å². The van der Waals surface area contributed by atoms with E-state index in [2.05, 4.69) is 15.8 Å². The van der Waals surface area contributed by atoms with Gasteiger partial charge in [-0.2, -0.15) is 13.2 Å². The van der Waals surface area contributed by atoms with Crippen molar-refractivity contribution in [1.82, 2.24) is 5.16 Å². The number of aryl methyl sites for hydroxylation is 3. The molecule has 2 N–H and O–H groups in total. The van der Waals surface area contributed by atoms with Gasteiger partial charge < -0.3 is 15.2 Å². The van der Waals surface area contributed by atoms with Gasteiger partial charge in [-0.3, -0.25) is 0 Å². The number of rotatable bonds is 6. The van der Waals surface area contributed by atoms with Crippen LogP contribution in [0.2, 0.25) is 0 Å². The van der Waals surface area contributed by atoms with Crippen molar-refractivity contribution >= 4 is 11.4 Å². The van der Waals surface area contributed by atoms with Crippen LogP contribution >= 0.6 is 0 Å². The molecule has 0 aliphatic heterocycles. The predicted molar refractivity (Wildman–Crippen MR) is 108 cm³/mol. The second kappa shape index (κ2) is 8.19. The molecule has 3 rings (SSSR count). The number of nitrogens with one attached hydrogen (secondary N) is 2. The van der Waals surface area contributed by atoms with E-state index in [4.69, 9.17) is 4.52 Å². The van der Waals surface area contributed by atoms with E-state index in [-0.39, 0.29) is 5.56 Å². The first-order valence-electron chi connectivity index (χ1n) is 9.32. The summed E-state index contributed by atoms with van der Waals surface area (Å²) in [5.41, 5.74) is 4.84. The van der Waals surface area contributed by atoms with E-state index in [0.29, 0.717) is 12.2 Å². The Bertz CT molecular complexity index is 958. The molecule has 4 nitrogen and oxygen atoms in total. The van der Waals surface area contributed by atoms with Crippen LogP contribution in [0.1, 0.15) is 39.7 Å². The molecular weight excluding hydrogens is 379 g/mol. The minimum atomic E-state index is -4.43. The average Bonchev–Trinajstić information content (AvgIpc) is 2.99. The zero-order valence-corrected chi connectivity index (χ0v) is 16.8. The highest BCUT2D eigenvalue weighted by Gasteiger charge is 2.41. The van der Waals surface area contributed by atoms with Gasteiger partial charge in [0.2, 0.25) is 0 Å². The van der Waals surface area contributed by atoms with Gasteiger partial charge in [-0.25, -0.2) is 0 Å². The minimum absolute atomic E-state index is 0.154. The molecule has 0 aliphatic carbocycles. The molecule has 0 radical (unpaired) electrons. The van der Waals surface area contributed by atoms with Crippen molar-refractivity contribution in [1.29, 1.82) is 0 Å². The number of aromatic nitrogens is 1. The maximum absolute atomic E-state index is 13.8. The van der Waals surface area contributed by atoms with Crippen molar-refractivity contribution in [2.24, 2.45) is 0 Å². The number of benzene rings is 2. The Morgan fingerprint density at radius 3 is 2.28 bits per heavy atom. The van der Waals surface area contributed by atoms with E-state index in [1.54, 1.807) is 24.3 Å². The lowest BCUT2D eigenvalue weighted by molar-refractivity contribution is -0.144. The van der Waals surface area contributed by atoms with Gasteiger partial charge in [0.15, 0.2) is 0 Å². The Balaban J connectivity index is 1.78. The van der Waals surface area contributed by atoms with Crippen LogP contribution in [0.15, 0.2) is 47.0 Å². The maximum Gasteiger partial charge on any atom is 0.412 e. The Hall–Kier alpha value is -2.96. The van der Waals surface area contributed by atoms with Gasteiger partial charge in [0, 0.05) is 23.5 Å². The number of anilines is 2. The molecule has 1 aromatic heterocycles. The molecule has 0 saturated heterocycles. The fraction of sp³-hybridized carbons (Fsp3) is 0.318. The molecule has 0 bridgehead atoms. The van der Waals surface area contributed by atoms with E-state index in [1.807, 2.05) is 33.8 Å². The molecule has 7 heteroatoms. The first kappa shape index (κ1) is 20.8. The van der Waals surface area contributed by atoms with E-state index in [1.165, 1.54) is 12.1 Å². The highest BCUT2D eigenvalue weighted by atomic mass is 19.4. The van der Waals surface area contributed by atoms with Crippen LogP contribution in [0.25, 0.3) is 0 Å². The second-order valence-electron chi connectivity index (χ2n) is 7.14. The van der Waals surface area contributed by atoms with Crippen molar-refractivity contribution in [2.75, 3.05) is 10.6 Å². The van der Waals surface area contributed by atoms with Gasteiger partial charge in [-0.1, -0.05) is 29.4 Å². The second-order valence-corrected chi connectivity index (χ2v) is 7.14. The number of alkyl halides is 3. The summed E-state index contributed by atoms with van der Waals surface area (Å²) in [5.74, 6) is 0.724. The summed E-state index contributed by atoms with van der Waals surface area (Å²) in [4.78, 5) is 0. The molecule has 1 atom stereocenters. The number of hydrogen-bond donors (Lipinski definition) is 2. The molecule has 0 saturated carbocycles. The lowest BCUT2D eigenvalue weighted by Crippen LogP contribution is -2.28. The van der Waals surface area contributed by atoms with Gasteiger partial charge >= 0.3 is 6.18 Å². The number of nitrogens with zero attached hydrogens (tertiary/aromatic N) is 1. The fourth-order valence-electron chi connectivity index (χ4n) is 3.16. The molecule has 1 unspecified atom stereocenters. The molecule has 29 heavy (non-hydrogen) atoms. The summed E-state index contributed by atoms with van der Waals surface area (Å²) in [7, 11) is 0. The highest BCUT2D eigenvalue weighted by molar-refractivity contribution is 5.56. The van der Waals surface area contributed by atoms with E-state index in [0.717, 1.165) is 33.8 Å². The molecule has 0 aliphatic rings. The van der Waals surface area contributed by atoms with Gasteiger partial charge in [0.1, 0.15) is 11.8 Å². The zero-order chi connectivity index (χ0) is 21.2. The van der Waals surface area contributed by atoms with Crippen LogP contribution < -0.4 is 10.6 Å². The predicted octanol–water partition coefficient (Wildman–Crippen LogP) is 6.24. The smallest absolute Gasteiger partial charge is 0.381 e. The van der Waals surface area contributed by atoms with Crippen LogP contribution in [0.4, 0.5) is 24.5 Å². The molecular formula is C22H24F3N3O. The Morgan fingerprint density at radius 2 is 1.69 bits per heavy atom. The lowest BCUT2D eigenvalue weighted by atomic mass is 10.0. The molecule has 3 aromatic rings. The molecule has 1 heterocycles. The maximum atomic E-state index is 13.8. The minimum Gasteiger partial charge on any atom is -0.381 e. The largest absolute Gasteiger partial charge is 0.412 e. The monoisotopic (exact) mass is 403 g/mol. The fourth-order valence-corrected chi connectivity index (χ4v) is 3.16. The number of hydrogen-bond acceptors (Lipinski definition) is 4. The van der Waals surface area contributed by atoms with Gasteiger partial charge in [-0.05, 0) is 62.6 Å². The van der Waals surface area contributed by atoms with Crippen LogP contribution in [-0.4, -0.2) is 11.3 Å². The summed E-state index contributed by atoms with van der Waals surface area (Å²) in [6.45, 7) is 7.86. The first-order chi connectivity index (χ1) is 13.7. The summed E-state index contributed by atoms with van der Waals surface area (Å²) in [6, 6.07) is 9.79. The molecule has 0 fully saturated rings. The third kappa shape index (κ3) is 4.72. The molecule has 2 aromatic carbocycles. The first-order valence-corrected chi connectivity index (χ1v) is 9.32. The van der Waals surface area contributed by atoms with Gasteiger partial charge in [-0.15, -0.1) is 0 Å². The summed E-state index contributed by atoms with van der Waals surface area (Å²) in [5, 5.41) is 9.76. The molecule has 0 spiro atoms. The van der Waals surface area contributed by atoms with Crippen LogP contribution in [-0.2, 0) is 6.54 Å². The summed E-state index contributed by atoms with van der Waals surface area (Å²) in [6.07, 6.45) is -4.43. The quantitative estimate of drug-likeness (QED) is 0.512. The molecule has 154 valence electrons. The standard InChI is InChI=1S/C22H24F3N3O/c1-13-6-5-7-20(14(13)2)27-21(22(23,24)25)17-8-10-18(11-9-17)26-12-19-15(3)28-29-16(19)4/h5-11,21,26-27H,12H2,1-4H3. The Kier molecular flexibility index (Phi) is 5.86. The Labute approximate surface area is 168 Å².